The number of carbonyl (C=O) groups is 1. The summed E-state index contributed by atoms with van der Waals surface area (Å²) in [5, 5.41) is 3.43. The summed E-state index contributed by atoms with van der Waals surface area (Å²) in [6, 6.07) is 7.84. The maximum Gasteiger partial charge on any atom is 0.241 e. The van der Waals surface area contributed by atoms with Crippen molar-refractivity contribution in [2.24, 2.45) is 0 Å². The number of benzene rings is 1. The molecule has 4 heteroatoms. The molecule has 1 saturated heterocycles. The molecule has 1 N–H and O–H groups in total. The van der Waals surface area contributed by atoms with Gasteiger partial charge < -0.3 is 9.64 Å². The van der Waals surface area contributed by atoms with E-state index in [1.165, 1.54) is 0 Å². The maximum atomic E-state index is 12.3. The van der Waals surface area contributed by atoms with Gasteiger partial charge in [0.05, 0.1) is 13.2 Å². The van der Waals surface area contributed by atoms with Crippen LogP contribution in [0.1, 0.15) is 38.4 Å². The lowest BCUT2D eigenvalue weighted by Gasteiger charge is -2.23. The number of rotatable bonds is 5. The van der Waals surface area contributed by atoms with Crippen LogP contribution in [0.4, 0.5) is 0 Å². The summed E-state index contributed by atoms with van der Waals surface area (Å²) in [5.41, 5.74) is 1.08. The highest BCUT2D eigenvalue weighted by Gasteiger charge is 2.37. The van der Waals surface area contributed by atoms with Crippen molar-refractivity contribution < 1.29 is 9.53 Å². The molecular weight excluding hydrogens is 240 g/mol. The topological polar surface area (TPSA) is 41.6 Å². The standard InChI is InChI=1S/C15H22N2O2/c1-4-7-13-15(18)17(5-2)14(16-13)11-8-6-9-12(10-11)19-3/h6,8-10,13-14,16H,4-5,7H2,1-3H3. The average molecular weight is 262 g/mol. The summed E-state index contributed by atoms with van der Waals surface area (Å²) >= 11 is 0. The Bertz CT molecular complexity index is 448. The Morgan fingerprint density at radius 2 is 2.16 bits per heavy atom. The maximum absolute atomic E-state index is 12.3. The van der Waals surface area contributed by atoms with Gasteiger partial charge in [-0.2, -0.15) is 0 Å². The molecule has 0 bridgehead atoms. The lowest BCUT2D eigenvalue weighted by Crippen LogP contribution is -2.30. The molecule has 0 radical (unpaired) electrons. The largest absolute Gasteiger partial charge is 0.497 e. The minimum absolute atomic E-state index is 0.0378. The van der Waals surface area contributed by atoms with Crippen LogP contribution in [0.2, 0.25) is 0 Å². The highest BCUT2D eigenvalue weighted by atomic mass is 16.5. The molecule has 4 nitrogen and oxygen atoms in total. The quantitative estimate of drug-likeness (QED) is 0.885. The molecule has 1 aromatic carbocycles. The zero-order chi connectivity index (χ0) is 13.8. The molecule has 0 saturated carbocycles. The second-order valence-corrected chi connectivity index (χ2v) is 4.81. The Balaban J connectivity index is 2.24. The molecule has 1 aliphatic heterocycles. The molecule has 0 aromatic heterocycles. The van der Waals surface area contributed by atoms with Crippen molar-refractivity contribution in [1.29, 1.82) is 0 Å². The van der Waals surface area contributed by atoms with Gasteiger partial charge in [0, 0.05) is 6.54 Å². The van der Waals surface area contributed by atoms with Gasteiger partial charge in [0.1, 0.15) is 11.9 Å². The van der Waals surface area contributed by atoms with Crippen molar-refractivity contribution in [3.63, 3.8) is 0 Å². The van der Waals surface area contributed by atoms with Crippen LogP contribution in [0.15, 0.2) is 24.3 Å². The van der Waals surface area contributed by atoms with Crippen molar-refractivity contribution in [1.82, 2.24) is 10.2 Å². The lowest BCUT2D eigenvalue weighted by molar-refractivity contribution is -0.130. The Kier molecular flexibility index (Phi) is 4.43. The molecule has 19 heavy (non-hydrogen) atoms. The predicted molar refractivity (Wildman–Crippen MR) is 75.0 cm³/mol. The Labute approximate surface area is 114 Å². The minimum atomic E-state index is -0.0545. The number of ether oxygens (including phenoxy) is 1. The van der Waals surface area contributed by atoms with Gasteiger partial charge in [-0.25, -0.2) is 0 Å². The Morgan fingerprint density at radius 3 is 2.79 bits per heavy atom. The number of likely N-dealkylation sites (N-methyl/N-ethyl adjacent to an activating group) is 1. The smallest absolute Gasteiger partial charge is 0.241 e. The van der Waals surface area contributed by atoms with Gasteiger partial charge in [0.15, 0.2) is 0 Å². The fourth-order valence-corrected chi connectivity index (χ4v) is 2.60. The minimum Gasteiger partial charge on any atom is -0.497 e. The van der Waals surface area contributed by atoms with Gasteiger partial charge in [0.2, 0.25) is 5.91 Å². The molecule has 1 aliphatic rings. The molecule has 2 atom stereocenters. The van der Waals surface area contributed by atoms with E-state index in [2.05, 4.69) is 12.2 Å². The molecule has 1 heterocycles. The zero-order valence-electron chi connectivity index (χ0n) is 11.8. The lowest BCUT2D eigenvalue weighted by atomic mass is 10.1. The van der Waals surface area contributed by atoms with Gasteiger partial charge in [-0.05, 0) is 31.0 Å². The van der Waals surface area contributed by atoms with Crippen molar-refractivity contribution in [3.05, 3.63) is 29.8 Å². The summed E-state index contributed by atoms with van der Waals surface area (Å²) in [4.78, 5) is 14.2. The molecule has 1 amide bonds. The van der Waals surface area contributed by atoms with Crippen LogP contribution >= 0.6 is 0 Å². The number of hydrogen-bond donors (Lipinski definition) is 1. The van der Waals surface area contributed by atoms with Crippen molar-refractivity contribution >= 4 is 5.91 Å². The number of methoxy groups -OCH3 is 1. The third kappa shape index (κ3) is 2.73. The highest BCUT2D eigenvalue weighted by Crippen LogP contribution is 2.28. The van der Waals surface area contributed by atoms with E-state index in [0.717, 1.165) is 24.2 Å². The first-order chi connectivity index (χ1) is 9.21. The monoisotopic (exact) mass is 262 g/mol. The van der Waals surface area contributed by atoms with Crippen LogP contribution in [0.3, 0.4) is 0 Å². The summed E-state index contributed by atoms with van der Waals surface area (Å²) in [6.45, 7) is 4.83. The van der Waals surface area contributed by atoms with Crippen LogP contribution in [-0.4, -0.2) is 30.5 Å². The van der Waals surface area contributed by atoms with E-state index in [-0.39, 0.29) is 18.1 Å². The fourth-order valence-electron chi connectivity index (χ4n) is 2.60. The Hall–Kier alpha value is -1.55. The number of amides is 1. The third-order valence-electron chi connectivity index (χ3n) is 3.58. The summed E-state index contributed by atoms with van der Waals surface area (Å²) < 4.78 is 5.25. The molecule has 104 valence electrons. The molecule has 1 fully saturated rings. The first-order valence-electron chi connectivity index (χ1n) is 6.91. The van der Waals surface area contributed by atoms with Gasteiger partial charge in [-0.15, -0.1) is 0 Å². The average Bonchev–Trinajstić information content (AvgIpc) is 2.76. The summed E-state index contributed by atoms with van der Waals surface area (Å²) in [5.74, 6) is 1.03. The van der Waals surface area contributed by atoms with E-state index in [1.807, 2.05) is 36.1 Å². The van der Waals surface area contributed by atoms with Gasteiger partial charge >= 0.3 is 0 Å². The molecule has 2 unspecified atom stereocenters. The number of nitrogens with one attached hydrogen (secondary N) is 1. The second kappa shape index (κ2) is 6.06. The van der Waals surface area contributed by atoms with Gasteiger partial charge in [0.25, 0.3) is 0 Å². The first kappa shape index (κ1) is 13.9. The van der Waals surface area contributed by atoms with Crippen LogP contribution in [0.5, 0.6) is 5.75 Å². The zero-order valence-corrected chi connectivity index (χ0v) is 11.8. The van der Waals surface area contributed by atoms with Gasteiger partial charge in [-0.3, -0.25) is 10.1 Å². The predicted octanol–water partition coefficient (Wildman–Crippen LogP) is 2.31. The van der Waals surface area contributed by atoms with E-state index in [9.17, 15) is 4.79 Å². The van der Waals surface area contributed by atoms with E-state index in [1.54, 1.807) is 7.11 Å². The first-order valence-corrected chi connectivity index (χ1v) is 6.91. The van der Waals surface area contributed by atoms with E-state index < -0.39 is 0 Å². The van der Waals surface area contributed by atoms with E-state index in [4.69, 9.17) is 4.74 Å². The number of nitrogens with zero attached hydrogens (tertiary/aromatic N) is 1. The molecule has 0 spiro atoms. The van der Waals surface area contributed by atoms with E-state index in [0.29, 0.717) is 6.54 Å². The van der Waals surface area contributed by atoms with Crippen LogP contribution in [0.25, 0.3) is 0 Å². The van der Waals surface area contributed by atoms with E-state index >= 15 is 0 Å². The summed E-state index contributed by atoms with van der Waals surface area (Å²) in [6.07, 6.45) is 1.85. The number of hydrogen-bond acceptors (Lipinski definition) is 3. The van der Waals surface area contributed by atoms with Crippen LogP contribution in [0, 0.1) is 0 Å². The SMILES string of the molecule is CCCC1NC(c2cccc(OC)c2)N(CC)C1=O. The molecule has 0 aliphatic carbocycles. The highest BCUT2D eigenvalue weighted by molar-refractivity contribution is 5.84. The Morgan fingerprint density at radius 1 is 1.37 bits per heavy atom. The van der Waals surface area contributed by atoms with Crippen LogP contribution < -0.4 is 10.1 Å². The molecular formula is C15H22N2O2. The van der Waals surface area contributed by atoms with Crippen molar-refractivity contribution in [2.45, 2.75) is 38.9 Å². The van der Waals surface area contributed by atoms with Gasteiger partial charge in [-0.1, -0.05) is 25.5 Å². The normalized spacial score (nSPS) is 22.9. The van der Waals surface area contributed by atoms with Crippen molar-refractivity contribution in [3.8, 4) is 5.75 Å². The van der Waals surface area contributed by atoms with Crippen molar-refractivity contribution in [2.75, 3.05) is 13.7 Å². The number of carbonyl (C=O) groups excluding carboxylic acids is 1. The molecule has 1 aromatic rings. The second-order valence-electron chi connectivity index (χ2n) is 4.81. The fraction of sp³-hybridized carbons (Fsp3) is 0.533. The molecule has 2 rings (SSSR count). The third-order valence-corrected chi connectivity index (χ3v) is 3.58. The summed E-state index contributed by atoms with van der Waals surface area (Å²) in [7, 11) is 1.66. The van der Waals surface area contributed by atoms with Crippen LogP contribution in [-0.2, 0) is 4.79 Å².